The lowest BCUT2D eigenvalue weighted by Crippen LogP contribution is -2.41. The van der Waals surface area contributed by atoms with Gasteiger partial charge in [-0.2, -0.15) is 5.10 Å². The maximum atomic E-state index is 13.5. The lowest BCUT2D eigenvalue weighted by molar-refractivity contribution is 0.0656. The molecule has 0 aliphatic heterocycles. The summed E-state index contributed by atoms with van der Waals surface area (Å²) in [6.45, 7) is 0. The maximum Gasteiger partial charge on any atom is 0.275 e. The summed E-state index contributed by atoms with van der Waals surface area (Å²) < 4.78 is 15.2. The molecule has 26 heavy (non-hydrogen) atoms. The third-order valence-corrected chi connectivity index (χ3v) is 6.10. The fourth-order valence-corrected chi connectivity index (χ4v) is 4.69. The van der Waals surface area contributed by atoms with E-state index < -0.39 is 0 Å². The molecule has 136 valence electrons. The molecular formula is C21H24FN3O. The fourth-order valence-electron chi connectivity index (χ4n) is 4.69. The summed E-state index contributed by atoms with van der Waals surface area (Å²) in [7, 11) is 0. The number of hydrogen-bond acceptors (Lipinski definition) is 2. The van der Waals surface area contributed by atoms with E-state index in [0.717, 1.165) is 61.9 Å². The second-order valence-electron chi connectivity index (χ2n) is 7.90. The second kappa shape index (κ2) is 6.22. The number of aromatic nitrogens is 2. The quantitative estimate of drug-likeness (QED) is 0.832. The average Bonchev–Trinajstić information content (AvgIpc) is 3.03. The number of carbonyl (C=O) groups is 1. The Labute approximate surface area is 153 Å². The molecule has 2 fully saturated rings. The Balaban J connectivity index is 1.53. The largest absolute Gasteiger partial charge is 0.331 e. The van der Waals surface area contributed by atoms with Crippen LogP contribution in [0.3, 0.4) is 0 Å². The Morgan fingerprint density at radius 3 is 2.38 bits per heavy atom. The first kappa shape index (κ1) is 16.0. The molecule has 1 amide bonds. The molecule has 2 aromatic rings. The van der Waals surface area contributed by atoms with E-state index in [2.05, 4.69) is 4.90 Å². The van der Waals surface area contributed by atoms with Crippen molar-refractivity contribution < 1.29 is 9.18 Å². The standard InChI is InChI=1S/C21H24FN3O/c22-14-8-10-17(11-9-14)25-19-7-3-6-18(19)20(23-25)21(26)24(16-12-13-16)15-4-1-2-5-15/h8-11,15-16H,1-7,12-13H2. The van der Waals surface area contributed by atoms with Crippen LogP contribution in [0.2, 0.25) is 0 Å². The maximum absolute atomic E-state index is 13.5. The molecule has 1 aromatic carbocycles. The first-order valence-corrected chi connectivity index (χ1v) is 9.92. The minimum absolute atomic E-state index is 0.124. The number of halogens is 1. The van der Waals surface area contributed by atoms with E-state index in [1.165, 1.54) is 25.0 Å². The van der Waals surface area contributed by atoms with Crippen molar-refractivity contribution in [1.82, 2.24) is 14.7 Å². The van der Waals surface area contributed by atoms with Crippen LogP contribution < -0.4 is 0 Å². The van der Waals surface area contributed by atoms with Gasteiger partial charge in [-0.1, -0.05) is 12.8 Å². The highest BCUT2D eigenvalue weighted by Crippen LogP contribution is 2.37. The normalized spacial score (nSPS) is 19.7. The lowest BCUT2D eigenvalue weighted by atomic mass is 10.1. The van der Waals surface area contributed by atoms with Crippen molar-refractivity contribution in [2.24, 2.45) is 0 Å². The number of carbonyl (C=O) groups excluding carboxylic acids is 1. The number of fused-ring (bicyclic) bond motifs is 1. The van der Waals surface area contributed by atoms with Gasteiger partial charge in [-0.3, -0.25) is 4.79 Å². The van der Waals surface area contributed by atoms with Crippen LogP contribution in [0.1, 0.15) is 66.7 Å². The zero-order chi connectivity index (χ0) is 17.7. The smallest absolute Gasteiger partial charge is 0.275 e. The van der Waals surface area contributed by atoms with Crippen LogP contribution in [0.15, 0.2) is 24.3 Å². The van der Waals surface area contributed by atoms with Gasteiger partial charge in [-0.05, 0) is 69.2 Å². The molecule has 3 aliphatic carbocycles. The Hall–Kier alpha value is -2.17. The number of amides is 1. The van der Waals surface area contributed by atoms with Crippen LogP contribution in [-0.4, -0.2) is 32.7 Å². The van der Waals surface area contributed by atoms with Crippen LogP contribution >= 0.6 is 0 Å². The number of benzene rings is 1. The monoisotopic (exact) mass is 353 g/mol. The SMILES string of the molecule is O=C(c1nn(-c2ccc(F)cc2)c2c1CCC2)N(C1CCCC1)C1CC1. The van der Waals surface area contributed by atoms with Gasteiger partial charge < -0.3 is 4.90 Å². The Bertz CT molecular complexity index is 832. The predicted molar refractivity (Wildman–Crippen MR) is 97.0 cm³/mol. The summed E-state index contributed by atoms with van der Waals surface area (Å²) in [5, 5.41) is 4.74. The fraction of sp³-hybridized carbons (Fsp3) is 0.524. The van der Waals surface area contributed by atoms with Crippen molar-refractivity contribution in [3.8, 4) is 5.69 Å². The minimum Gasteiger partial charge on any atom is -0.331 e. The third kappa shape index (κ3) is 2.65. The summed E-state index contributed by atoms with van der Waals surface area (Å²) in [4.78, 5) is 15.6. The van der Waals surface area contributed by atoms with Gasteiger partial charge in [0.2, 0.25) is 0 Å². The molecule has 4 nitrogen and oxygen atoms in total. The third-order valence-electron chi connectivity index (χ3n) is 6.10. The van der Waals surface area contributed by atoms with Crippen LogP contribution in [0.5, 0.6) is 0 Å². The van der Waals surface area contributed by atoms with Crippen molar-refractivity contribution >= 4 is 5.91 Å². The van der Waals surface area contributed by atoms with E-state index in [9.17, 15) is 9.18 Å². The zero-order valence-electron chi connectivity index (χ0n) is 15.0. The Morgan fingerprint density at radius 2 is 1.69 bits per heavy atom. The molecule has 3 aliphatic rings. The second-order valence-corrected chi connectivity index (χ2v) is 7.90. The van der Waals surface area contributed by atoms with E-state index in [1.807, 2.05) is 4.68 Å². The van der Waals surface area contributed by atoms with Gasteiger partial charge in [0.05, 0.1) is 5.69 Å². The molecule has 0 saturated heterocycles. The summed E-state index contributed by atoms with van der Waals surface area (Å²) in [5.74, 6) is -0.131. The molecule has 0 unspecified atom stereocenters. The van der Waals surface area contributed by atoms with Crippen molar-refractivity contribution in [1.29, 1.82) is 0 Å². The van der Waals surface area contributed by atoms with Crippen molar-refractivity contribution in [2.45, 2.75) is 69.9 Å². The topological polar surface area (TPSA) is 38.1 Å². The minimum atomic E-state index is -0.255. The van der Waals surface area contributed by atoms with E-state index in [0.29, 0.717) is 17.8 Å². The first-order valence-electron chi connectivity index (χ1n) is 9.92. The highest BCUT2D eigenvalue weighted by molar-refractivity contribution is 5.95. The van der Waals surface area contributed by atoms with E-state index >= 15 is 0 Å². The highest BCUT2D eigenvalue weighted by Gasteiger charge is 2.41. The molecule has 0 atom stereocenters. The summed E-state index contributed by atoms with van der Waals surface area (Å²) in [6.07, 6.45) is 9.87. The van der Waals surface area contributed by atoms with Gasteiger partial charge >= 0.3 is 0 Å². The van der Waals surface area contributed by atoms with Crippen LogP contribution in [0.4, 0.5) is 4.39 Å². The van der Waals surface area contributed by atoms with E-state index in [4.69, 9.17) is 5.10 Å². The van der Waals surface area contributed by atoms with Gasteiger partial charge in [0, 0.05) is 23.3 Å². The molecule has 0 spiro atoms. The molecule has 0 bridgehead atoms. The highest BCUT2D eigenvalue weighted by atomic mass is 19.1. The van der Waals surface area contributed by atoms with Crippen LogP contribution in [0.25, 0.3) is 5.69 Å². The molecule has 5 heteroatoms. The molecular weight excluding hydrogens is 329 g/mol. The molecule has 1 aromatic heterocycles. The Kier molecular flexibility index (Phi) is 3.84. The Morgan fingerprint density at radius 1 is 1.00 bits per heavy atom. The average molecular weight is 353 g/mol. The number of rotatable bonds is 4. The lowest BCUT2D eigenvalue weighted by Gasteiger charge is -2.28. The van der Waals surface area contributed by atoms with E-state index in [-0.39, 0.29) is 11.7 Å². The van der Waals surface area contributed by atoms with Crippen molar-refractivity contribution in [3.05, 3.63) is 47.0 Å². The number of nitrogens with zero attached hydrogens (tertiary/aromatic N) is 3. The van der Waals surface area contributed by atoms with E-state index in [1.54, 1.807) is 12.1 Å². The summed E-state index contributed by atoms with van der Waals surface area (Å²) in [5.41, 5.74) is 3.72. The van der Waals surface area contributed by atoms with Gasteiger partial charge in [0.15, 0.2) is 5.69 Å². The van der Waals surface area contributed by atoms with Crippen molar-refractivity contribution in [2.75, 3.05) is 0 Å². The van der Waals surface area contributed by atoms with Crippen molar-refractivity contribution in [3.63, 3.8) is 0 Å². The van der Waals surface area contributed by atoms with Crippen LogP contribution in [0, 0.1) is 5.82 Å². The molecule has 1 heterocycles. The summed E-state index contributed by atoms with van der Waals surface area (Å²) in [6, 6.07) is 7.20. The first-order chi connectivity index (χ1) is 12.7. The van der Waals surface area contributed by atoms with Gasteiger partial charge in [-0.25, -0.2) is 9.07 Å². The molecule has 0 N–H and O–H groups in total. The molecule has 5 rings (SSSR count). The van der Waals surface area contributed by atoms with Gasteiger partial charge in [0.1, 0.15) is 5.82 Å². The van der Waals surface area contributed by atoms with Gasteiger partial charge in [0.25, 0.3) is 5.91 Å². The molecule has 0 radical (unpaired) electrons. The number of hydrogen-bond donors (Lipinski definition) is 0. The van der Waals surface area contributed by atoms with Crippen LogP contribution in [-0.2, 0) is 12.8 Å². The predicted octanol–water partition coefficient (Wildman–Crippen LogP) is 4.05. The summed E-state index contributed by atoms with van der Waals surface area (Å²) >= 11 is 0. The van der Waals surface area contributed by atoms with Gasteiger partial charge in [-0.15, -0.1) is 0 Å². The molecule has 2 saturated carbocycles. The zero-order valence-corrected chi connectivity index (χ0v) is 15.0.